The van der Waals surface area contributed by atoms with E-state index >= 15 is 0 Å². The molecule has 4 heteroatoms. The van der Waals surface area contributed by atoms with Gasteiger partial charge in [0.2, 0.25) is 0 Å². The second kappa shape index (κ2) is 4.61. The molecule has 0 unspecified atom stereocenters. The predicted octanol–water partition coefficient (Wildman–Crippen LogP) is 1.91. The molecule has 2 aromatic rings. The van der Waals surface area contributed by atoms with Crippen LogP contribution in [0.4, 0.5) is 0 Å². The first-order valence-electron chi connectivity index (χ1n) is 5.01. The van der Waals surface area contributed by atoms with E-state index in [-0.39, 0.29) is 5.91 Å². The zero-order chi connectivity index (χ0) is 11.4. The fraction of sp³-hybridized carbons (Fsp3) is 0.167. The average molecular weight is 216 g/mol. The number of benzene rings is 1. The molecule has 0 spiro atoms. The van der Waals surface area contributed by atoms with E-state index < -0.39 is 0 Å². The van der Waals surface area contributed by atoms with Crippen LogP contribution in [0, 0.1) is 6.92 Å². The first-order valence-corrected chi connectivity index (χ1v) is 5.01. The number of hydrogen-bond acceptors (Lipinski definition) is 3. The van der Waals surface area contributed by atoms with Gasteiger partial charge >= 0.3 is 0 Å². The van der Waals surface area contributed by atoms with Crippen molar-refractivity contribution in [2.75, 3.05) is 0 Å². The Morgan fingerprint density at radius 1 is 1.38 bits per heavy atom. The molecule has 0 saturated heterocycles. The summed E-state index contributed by atoms with van der Waals surface area (Å²) >= 11 is 0. The van der Waals surface area contributed by atoms with Crippen molar-refractivity contribution in [1.29, 1.82) is 0 Å². The van der Waals surface area contributed by atoms with Crippen molar-refractivity contribution < 1.29 is 9.32 Å². The molecule has 2 rings (SSSR count). The summed E-state index contributed by atoms with van der Waals surface area (Å²) in [6.45, 7) is 2.22. The highest BCUT2D eigenvalue weighted by atomic mass is 16.5. The van der Waals surface area contributed by atoms with Crippen LogP contribution in [0.3, 0.4) is 0 Å². The average Bonchev–Trinajstić information content (AvgIpc) is 2.74. The van der Waals surface area contributed by atoms with E-state index in [4.69, 9.17) is 4.52 Å². The molecule has 1 heterocycles. The van der Waals surface area contributed by atoms with Crippen molar-refractivity contribution in [3.05, 3.63) is 53.4 Å². The van der Waals surface area contributed by atoms with Crippen LogP contribution in [0.1, 0.15) is 21.7 Å². The van der Waals surface area contributed by atoms with Gasteiger partial charge in [-0.15, -0.1) is 0 Å². The third-order valence-corrected chi connectivity index (χ3v) is 2.29. The maximum Gasteiger partial charge on any atom is 0.256 e. The minimum atomic E-state index is -0.164. The van der Waals surface area contributed by atoms with Crippen molar-refractivity contribution in [3.63, 3.8) is 0 Å². The van der Waals surface area contributed by atoms with Crippen LogP contribution in [0.2, 0.25) is 0 Å². The fourth-order valence-corrected chi connectivity index (χ4v) is 1.39. The molecule has 0 bridgehead atoms. The van der Waals surface area contributed by atoms with Crippen molar-refractivity contribution in [3.8, 4) is 0 Å². The topological polar surface area (TPSA) is 55.1 Å². The van der Waals surface area contributed by atoms with Gasteiger partial charge in [0.15, 0.2) is 0 Å². The van der Waals surface area contributed by atoms with Gasteiger partial charge in [0.25, 0.3) is 5.91 Å². The zero-order valence-corrected chi connectivity index (χ0v) is 8.93. The molecule has 0 saturated carbocycles. The number of hydrogen-bond donors (Lipinski definition) is 1. The third kappa shape index (κ3) is 2.28. The first kappa shape index (κ1) is 10.4. The Morgan fingerprint density at radius 3 is 2.75 bits per heavy atom. The largest absolute Gasteiger partial charge is 0.361 e. The van der Waals surface area contributed by atoms with Crippen molar-refractivity contribution in [1.82, 2.24) is 10.5 Å². The SMILES string of the molecule is Cc1oncc1C(=O)NCc1ccccc1. The monoisotopic (exact) mass is 216 g/mol. The fourth-order valence-electron chi connectivity index (χ4n) is 1.39. The molecule has 16 heavy (non-hydrogen) atoms. The number of aromatic nitrogens is 1. The van der Waals surface area contributed by atoms with Crippen LogP contribution in [0.5, 0.6) is 0 Å². The molecule has 0 aliphatic carbocycles. The molecule has 1 aromatic carbocycles. The summed E-state index contributed by atoms with van der Waals surface area (Å²) in [7, 11) is 0. The van der Waals surface area contributed by atoms with Gasteiger partial charge in [0.1, 0.15) is 11.3 Å². The quantitative estimate of drug-likeness (QED) is 0.852. The summed E-state index contributed by atoms with van der Waals surface area (Å²) in [5.74, 6) is 0.369. The lowest BCUT2D eigenvalue weighted by Crippen LogP contribution is -2.22. The van der Waals surface area contributed by atoms with E-state index in [0.29, 0.717) is 17.9 Å². The zero-order valence-electron chi connectivity index (χ0n) is 8.93. The number of nitrogens with one attached hydrogen (secondary N) is 1. The lowest BCUT2D eigenvalue weighted by Gasteiger charge is -2.03. The highest BCUT2D eigenvalue weighted by Gasteiger charge is 2.11. The van der Waals surface area contributed by atoms with E-state index in [1.54, 1.807) is 6.92 Å². The number of nitrogens with zero attached hydrogens (tertiary/aromatic N) is 1. The van der Waals surface area contributed by atoms with E-state index in [0.717, 1.165) is 5.56 Å². The number of aryl methyl sites for hydroxylation is 1. The van der Waals surface area contributed by atoms with E-state index in [9.17, 15) is 4.79 Å². The number of rotatable bonds is 3. The van der Waals surface area contributed by atoms with E-state index in [1.807, 2.05) is 30.3 Å². The highest BCUT2D eigenvalue weighted by molar-refractivity contribution is 5.94. The van der Waals surface area contributed by atoms with Gasteiger partial charge in [0.05, 0.1) is 6.20 Å². The Balaban J connectivity index is 1.97. The standard InChI is InChI=1S/C12H12N2O2/c1-9-11(8-14-16-9)12(15)13-7-10-5-3-2-4-6-10/h2-6,8H,7H2,1H3,(H,13,15). The normalized spacial score (nSPS) is 10.1. The Kier molecular flexibility index (Phi) is 3.00. The van der Waals surface area contributed by atoms with E-state index in [1.165, 1.54) is 6.20 Å². The Morgan fingerprint density at radius 2 is 2.12 bits per heavy atom. The van der Waals surface area contributed by atoms with Crippen LogP contribution in [-0.4, -0.2) is 11.1 Å². The lowest BCUT2D eigenvalue weighted by atomic mass is 10.2. The number of amides is 1. The van der Waals surface area contributed by atoms with Crippen LogP contribution in [0.25, 0.3) is 0 Å². The number of carbonyl (C=O) groups is 1. The first-order chi connectivity index (χ1) is 7.77. The summed E-state index contributed by atoms with van der Waals surface area (Å²) in [5, 5.41) is 6.37. The molecule has 0 aliphatic heterocycles. The van der Waals surface area contributed by atoms with Crippen molar-refractivity contribution in [2.24, 2.45) is 0 Å². The van der Waals surface area contributed by atoms with E-state index in [2.05, 4.69) is 10.5 Å². The van der Waals surface area contributed by atoms with Gasteiger partial charge in [-0.05, 0) is 12.5 Å². The summed E-state index contributed by atoms with van der Waals surface area (Å²) in [6, 6.07) is 9.73. The molecule has 0 fully saturated rings. The van der Waals surface area contributed by atoms with Gasteiger partial charge in [0, 0.05) is 6.54 Å². The van der Waals surface area contributed by atoms with Crippen LogP contribution < -0.4 is 5.32 Å². The van der Waals surface area contributed by atoms with Gasteiger partial charge < -0.3 is 9.84 Å². The van der Waals surface area contributed by atoms with Gasteiger partial charge in [-0.25, -0.2) is 0 Å². The molecule has 1 N–H and O–H groups in total. The second-order valence-corrected chi connectivity index (χ2v) is 3.46. The predicted molar refractivity (Wildman–Crippen MR) is 58.9 cm³/mol. The molecule has 82 valence electrons. The van der Waals surface area contributed by atoms with Crippen LogP contribution >= 0.6 is 0 Å². The van der Waals surface area contributed by atoms with Gasteiger partial charge in [-0.1, -0.05) is 35.5 Å². The van der Waals surface area contributed by atoms with Gasteiger partial charge in [-0.2, -0.15) is 0 Å². The molecule has 4 nitrogen and oxygen atoms in total. The molecule has 0 aliphatic rings. The summed E-state index contributed by atoms with van der Waals surface area (Å²) < 4.78 is 4.83. The number of carbonyl (C=O) groups excluding carboxylic acids is 1. The molecule has 1 amide bonds. The Bertz CT molecular complexity index is 477. The van der Waals surface area contributed by atoms with Crippen molar-refractivity contribution in [2.45, 2.75) is 13.5 Å². The maximum absolute atomic E-state index is 11.7. The summed E-state index contributed by atoms with van der Waals surface area (Å²) in [5.41, 5.74) is 1.54. The minimum Gasteiger partial charge on any atom is -0.361 e. The maximum atomic E-state index is 11.7. The summed E-state index contributed by atoms with van der Waals surface area (Å²) in [6.07, 6.45) is 1.43. The lowest BCUT2D eigenvalue weighted by molar-refractivity contribution is 0.0949. The van der Waals surface area contributed by atoms with Crippen molar-refractivity contribution >= 4 is 5.91 Å². The van der Waals surface area contributed by atoms with Crippen LogP contribution in [0.15, 0.2) is 41.1 Å². The molecular weight excluding hydrogens is 204 g/mol. The Hall–Kier alpha value is -2.10. The smallest absolute Gasteiger partial charge is 0.256 e. The second-order valence-electron chi connectivity index (χ2n) is 3.46. The Labute approximate surface area is 93.3 Å². The molecule has 1 aromatic heterocycles. The van der Waals surface area contributed by atoms with Gasteiger partial charge in [-0.3, -0.25) is 4.79 Å². The summed E-state index contributed by atoms with van der Waals surface area (Å²) in [4.78, 5) is 11.7. The minimum absolute atomic E-state index is 0.164. The molecule has 0 atom stereocenters. The van der Waals surface area contributed by atoms with Crippen LogP contribution in [-0.2, 0) is 6.54 Å². The molecular formula is C12H12N2O2. The third-order valence-electron chi connectivity index (χ3n) is 2.29. The molecule has 0 radical (unpaired) electrons. The highest BCUT2D eigenvalue weighted by Crippen LogP contribution is 2.06.